The van der Waals surface area contributed by atoms with Crippen molar-refractivity contribution in [3.8, 4) is 6.07 Å². The first-order valence-corrected chi connectivity index (χ1v) is 4.21. The molecular formula is C10H11N3O. The Kier molecular flexibility index (Phi) is 3.50. The number of urea groups is 1. The molecule has 2 amide bonds. The summed E-state index contributed by atoms with van der Waals surface area (Å²) in [5.74, 6) is 0. The zero-order valence-electron chi connectivity index (χ0n) is 7.87. The minimum atomic E-state index is -0.252. The summed E-state index contributed by atoms with van der Waals surface area (Å²) in [7, 11) is 1.55. The highest BCUT2D eigenvalue weighted by molar-refractivity contribution is 5.73. The summed E-state index contributed by atoms with van der Waals surface area (Å²) in [6.45, 7) is 0.364. The van der Waals surface area contributed by atoms with E-state index in [4.69, 9.17) is 5.26 Å². The van der Waals surface area contributed by atoms with Crippen LogP contribution < -0.4 is 10.6 Å². The summed E-state index contributed by atoms with van der Waals surface area (Å²) in [6.07, 6.45) is 0. The van der Waals surface area contributed by atoms with E-state index >= 15 is 0 Å². The van der Waals surface area contributed by atoms with Crippen LogP contribution in [-0.4, -0.2) is 13.1 Å². The molecule has 0 spiro atoms. The minimum Gasteiger partial charge on any atom is -0.341 e. The van der Waals surface area contributed by atoms with E-state index in [1.165, 1.54) is 0 Å². The first kappa shape index (κ1) is 10.1. The highest BCUT2D eigenvalue weighted by Gasteiger charge is 2.01. The molecule has 0 saturated carbocycles. The average molecular weight is 189 g/mol. The molecule has 1 aromatic rings. The third-order valence-corrected chi connectivity index (χ3v) is 1.80. The standard InChI is InChI=1S/C10H11N3O/c1-12-10(14)13-7-9-5-3-2-4-8(9)6-11/h2-5H,7H2,1H3,(H2,12,13,14). The Morgan fingerprint density at radius 1 is 1.50 bits per heavy atom. The molecule has 1 aromatic carbocycles. The molecule has 0 saturated heterocycles. The van der Waals surface area contributed by atoms with Gasteiger partial charge >= 0.3 is 6.03 Å². The van der Waals surface area contributed by atoms with E-state index in [0.717, 1.165) is 5.56 Å². The number of nitrogens with one attached hydrogen (secondary N) is 2. The average Bonchev–Trinajstić information content (AvgIpc) is 2.26. The van der Waals surface area contributed by atoms with E-state index < -0.39 is 0 Å². The van der Waals surface area contributed by atoms with Crippen molar-refractivity contribution in [2.45, 2.75) is 6.54 Å². The van der Waals surface area contributed by atoms with E-state index in [0.29, 0.717) is 12.1 Å². The van der Waals surface area contributed by atoms with E-state index in [9.17, 15) is 4.79 Å². The maximum atomic E-state index is 10.9. The highest BCUT2D eigenvalue weighted by atomic mass is 16.2. The van der Waals surface area contributed by atoms with E-state index in [2.05, 4.69) is 16.7 Å². The number of nitrogens with zero attached hydrogens (tertiary/aromatic N) is 1. The minimum absolute atomic E-state index is 0.252. The molecule has 0 radical (unpaired) electrons. The van der Waals surface area contributed by atoms with Crippen LogP contribution in [0.2, 0.25) is 0 Å². The molecule has 0 fully saturated rings. The number of rotatable bonds is 2. The van der Waals surface area contributed by atoms with Crippen LogP contribution in [0.5, 0.6) is 0 Å². The highest BCUT2D eigenvalue weighted by Crippen LogP contribution is 2.06. The predicted molar refractivity (Wildman–Crippen MR) is 52.5 cm³/mol. The van der Waals surface area contributed by atoms with Crippen molar-refractivity contribution in [3.63, 3.8) is 0 Å². The largest absolute Gasteiger partial charge is 0.341 e. The molecule has 0 unspecified atom stereocenters. The molecule has 0 aliphatic carbocycles. The molecule has 0 aliphatic heterocycles. The smallest absolute Gasteiger partial charge is 0.314 e. The van der Waals surface area contributed by atoms with Gasteiger partial charge in [-0.05, 0) is 11.6 Å². The van der Waals surface area contributed by atoms with Gasteiger partial charge in [-0.3, -0.25) is 0 Å². The molecule has 2 N–H and O–H groups in total. The summed E-state index contributed by atoms with van der Waals surface area (Å²) >= 11 is 0. The topological polar surface area (TPSA) is 64.9 Å². The van der Waals surface area contributed by atoms with Gasteiger partial charge in [0.2, 0.25) is 0 Å². The second-order valence-electron chi connectivity index (χ2n) is 2.70. The van der Waals surface area contributed by atoms with Crippen molar-refractivity contribution in [2.24, 2.45) is 0 Å². The van der Waals surface area contributed by atoms with Gasteiger partial charge in [0.15, 0.2) is 0 Å². The van der Waals surface area contributed by atoms with Gasteiger partial charge in [0.25, 0.3) is 0 Å². The van der Waals surface area contributed by atoms with Gasteiger partial charge in [0.05, 0.1) is 11.6 Å². The lowest BCUT2D eigenvalue weighted by molar-refractivity contribution is 0.242. The van der Waals surface area contributed by atoms with Crippen LogP contribution in [0.15, 0.2) is 24.3 Å². The molecule has 72 valence electrons. The number of benzene rings is 1. The summed E-state index contributed by atoms with van der Waals surface area (Å²) in [6, 6.07) is 8.98. The third-order valence-electron chi connectivity index (χ3n) is 1.80. The molecule has 0 heterocycles. The summed E-state index contributed by atoms with van der Waals surface area (Å²) in [4.78, 5) is 10.9. The van der Waals surface area contributed by atoms with Crippen LogP contribution >= 0.6 is 0 Å². The normalized spacial score (nSPS) is 8.86. The summed E-state index contributed by atoms with van der Waals surface area (Å²) in [5, 5.41) is 13.8. The Bertz CT molecular complexity index is 368. The molecular weight excluding hydrogens is 178 g/mol. The van der Waals surface area contributed by atoms with Gasteiger partial charge < -0.3 is 10.6 Å². The molecule has 4 nitrogen and oxygen atoms in total. The van der Waals surface area contributed by atoms with Gasteiger partial charge in [0, 0.05) is 13.6 Å². The second kappa shape index (κ2) is 4.87. The number of carbonyl (C=O) groups excluding carboxylic acids is 1. The lowest BCUT2D eigenvalue weighted by Crippen LogP contribution is -2.32. The van der Waals surface area contributed by atoms with Crippen LogP contribution in [0, 0.1) is 11.3 Å². The van der Waals surface area contributed by atoms with E-state index in [-0.39, 0.29) is 6.03 Å². The fraction of sp³-hybridized carbons (Fsp3) is 0.200. The second-order valence-corrected chi connectivity index (χ2v) is 2.70. The van der Waals surface area contributed by atoms with Crippen LogP contribution in [-0.2, 0) is 6.54 Å². The third kappa shape index (κ3) is 2.49. The van der Waals surface area contributed by atoms with Gasteiger partial charge in [-0.25, -0.2) is 4.79 Å². The van der Waals surface area contributed by atoms with Crippen LogP contribution in [0.3, 0.4) is 0 Å². The summed E-state index contributed by atoms with van der Waals surface area (Å²) in [5.41, 5.74) is 1.41. The molecule has 1 rings (SSSR count). The molecule has 14 heavy (non-hydrogen) atoms. The lowest BCUT2D eigenvalue weighted by atomic mass is 10.1. The first-order valence-electron chi connectivity index (χ1n) is 4.21. The lowest BCUT2D eigenvalue weighted by Gasteiger charge is -2.05. The Labute approximate surface area is 82.5 Å². The van der Waals surface area contributed by atoms with Crippen molar-refractivity contribution in [2.75, 3.05) is 7.05 Å². The maximum Gasteiger partial charge on any atom is 0.314 e. The van der Waals surface area contributed by atoms with E-state index in [1.54, 1.807) is 19.2 Å². The number of nitriles is 1. The maximum absolute atomic E-state index is 10.9. The molecule has 0 bridgehead atoms. The molecule has 4 heteroatoms. The molecule has 0 atom stereocenters. The van der Waals surface area contributed by atoms with Gasteiger partial charge in [-0.15, -0.1) is 0 Å². The van der Waals surface area contributed by atoms with Crippen LogP contribution in [0.4, 0.5) is 4.79 Å². The zero-order chi connectivity index (χ0) is 10.4. The van der Waals surface area contributed by atoms with Crippen LogP contribution in [0.1, 0.15) is 11.1 Å². The Balaban J connectivity index is 2.68. The Morgan fingerprint density at radius 3 is 2.86 bits per heavy atom. The predicted octanol–water partition coefficient (Wildman–Crippen LogP) is 0.987. The number of hydrogen-bond donors (Lipinski definition) is 2. The van der Waals surface area contributed by atoms with Crippen molar-refractivity contribution < 1.29 is 4.79 Å². The Morgan fingerprint density at radius 2 is 2.21 bits per heavy atom. The molecule has 0 aromatic heterocycles. The van der Waals surface area contributed by atoms with E-state index in [1.807, 2.05) is 12.1 Å². The fourth-order valence-electron chi connectivity index (χ4n) is 1.05. The fourth-order valence-corrected chi connectivity index (χ4v) is 1.05. The molecule has 0 aliphatic rings. The summed E-state index contributed by atoms with van der Waals surface area (Å²) < 4.78 is 0. The van der Waals surface area contributed by atoms with Gasteiger partial charge in [-0.2, -0.15) is 5.26 Å². The van der Waals surface area contributed by atoms with Crippen molar-refractivity contribution >= 4 is 6.03 Å². The SMILES string of the molecule is CNC(=O)NCc1ccccc1C#N. The Hall–Kier alpha value is -2.02. The number of amides is 2. The van der Waals surface area contributed by atoms with Crippen molar-refractivity contribution in [1.29, 1.82) is 5.26 Å². The number of carbonyl (C=O) groups is 1. The van der Waals surface area contributed by atoms with Gasteiger partial charge in [-0.1, -0.05) is 18.2 Å². The zero-order valence-corrected chi connectivity index (χ0v) is 7.87. The van der Waals surface area contributed by atoms with Crippen molar-refractivity contribution in [3.05, 3.63) is 35.4 Å². The van der Waals surface area contributed by atoms with Crippen LogP contribution in [0.25, 0.3) is 0 Å². The first-order chi connectivity index (χ1) is 6.77. The van der Waals surface area contributed by atoms with Crippen molar-refractivity contribution in [1.82, 2.24) is 10.6 Å². The quantitative estimate of drug-likeness (QED) is 0.728. The monoisotopic (exact) mass is 189 g/mol. The van der Waals surface area contributed by atoms with Gasteiger partial charge in [0.1, 0.15) is 0 Å². The number of hydrogen-bond acceptors (Lipinski definition) is 2.